The molecule has 90 valence electrons. The molecule has 0 bridgehead atoms. The van der Waals surface area contributed by atoms with Crippen LogP contribution < -0.4 is 10.9 Å². The molecule has 0 radical (unpaired) electrons. The third-order valence-electron chi connectivity index (χ3n) is 2.18. The second kappa shape index (κ2) is 4.97. The average molecular weight is 315 g/mol. The Kier molecular flexibility index (Phi) is 3.58. The highest BCUT2D eigenvalue weighted by Crippen LogP contribution is 2.18. The van der Waals surface area contributed by atoms with Gasteiger partial charge in [-0.25, -0.2) is 9.67 Å². The molecule has 0 aliphatic heterocycles. The molecule has 0 aliphatic carbocycles. The topological polar surface area (TPSA) is 59.8 Å². The van der Waals surface area contributed by atoms with Crippen LogP contribution in [0.4, 0.5) is 5.69 Å². The van der Waals surface area contributed by atoms with E-state index in [1.807, 2.05) is 13.1 Å². The number of nitrogens with zero attached hydrogens (tertiary/aromatic N) is 3. The van der Waals surface area contributed by atoms with Gasteiger partial charge in [-0.2, -0.15) is 5.10 Å². The summed E-state index contributed by atoms with van der Waals surface area (Å²) in [7, 11) is 1.61. The molecule has 0 unspecified atom stereocenters. The van der Waals surface area contributed by atoms with E-state index >= 15 is 0 Å². The van der Waals surface area contributed by atoms with E-state index in [1.54, 1.807) is 24.6 Å². The molecule has 0 saturated heterocycles. The van der Waals surface area contributed by atoms with Crippen molar-refractivity contribution in [3.63, 3.8) is 0 Å². The van der Waals surface area contributed by atoms with Gasteiger partial charge < -0.3 is 5.32 Å². The maximum absolute atomic E-state index is 11.6. The first-order valence-electron chi connectivity index (χ1n) is 4.95. The Hall–Kier alpha value is -1.21. The second-order valence-electron chi connectivity index (χ2n) is 3.52. The fraction of sp³-hybridized carbons (Fsp3) is 0.300. The second-order valence-corrected chi connectivity index (χ2v) is 5.63. The Bertz CT molecular complexity index is 592. The van der Waals surface area contributed by atoms with E-state index in [4.69, 9.17) is 0 Å². The average Bonchev–Trinajstić information content (AvgIpc) is 2.71. The van der Waals surface area contributed by atoms with Gasteiger partial charge in [0.25, 0.3) is 5.56 Å². The van der Waals surface area contributed by atoms with E-state index < -0.39 is 0 Å². The van der Waals surface area contributed by atoms with Crippen LogP contribution in [0, 0.1) is 6.92 Å². The molecule has 2 rings (SSSR count). The zero-order valence-electron chi connectivity index (χ0n) is 9.40. The zero-order valence-corrected chi connectivity index (χ0v) is 11.8. The van der Waals surface area contributed by atoms with Crippen LogP contribution >= 0.6 is 27.3 Å². The Morgan fingerprint density at radius 1 is 1.53 bits per heavy atom. The standard InChI is InChI=1S/C10H11BrN4OS/c1-6-3-13-8(17-6)5-12-7-4-14-15(2)10(16)9(7)11/h3-4,12H,5H2,1-2H3. The SMILES string of the molecule is Cc1cnc(CNc2cnn(C)c(=O)c2Br)s1. The molecule has 2 heterocycles. The molecule has 1 N–H and O–H groups in total. The van der Waals surface area contributed by atoms with Gasteiger partial charge in [0.15, 0.2) is 0 Å². The van der Waals surface area contributed by atoms with Gasteiger partial charge in [-0.1, -0.05) is 0 Å². The van der Waals surface area contributed by atoms with E-state index in [2.05, 4.69) is 31.3 Å². The summed E-state index contributed by atoms with van der Waals surface area (Å²) in [5.41, 5.74) is 0.520. The highest BCUT2D eigenvalue weighted by Gasteiger charge is 2.07. The molecule has 5 nitrogen and oxygen atoms in total. The van der Waals surface area contributed by atoms with Crippen LogP contribution in [-0.2, 0) is 13.6 Å². The third-order valence-corrected chi connectivity index (χ3v) is 3.86. The number of hydrogen-bond acceptors (Lipinski definition) is 5. The van der Waals surface area contributed by atoms with Crippen molar-refractivity contribution in [3.8, 4) is 0 Å². The van der Waals surface area contributed by atoms with Crippen molar-refractivity contribution in [2.24, 2.45) is 7.05 Å². The predicted molar refractivity (Wildman–Crippen MR) is 71.4 cm³/mol. The Morgan fingerprint density at radius 3 is 2.94 bits per heavy atom. The summed E-state index contributed by atoms with van der Waals surface area (Å²) >= 11 is 4.88. The van der Waals surface area contributed by atoms with Crippen LogP contribution in [0.25, 0.3) is 0 Å². The number of aromatic nitrogens is 3. The first kappa shape index (κ1) is 12.3. The van der Waals surface area contributed by atoms with Crippen molar-refractivity contribution in [3.05, 3.63) is 37.1 Å². The Labute approximate surface area is 111 Å². The third kappa shape index (κ3) is 2.73. The lowest BCUT2D eigenvalue weighted by atomic mass is 10.4. The molecule has 7 heteroatoms. The van der Waals surface area contributed by atoms with Gasteiger partial charge in [-0.3, -0.25) is 4.79 Å². The minimum atomic E-state index is -0.162. The fourth-order valence-electron chi connectivity index (χ4n) is 1.29. The van der Waals surface area contributed by atoms with Crippen LogP contribution in [0.1, 0.15) is 9.88 Å². The first-order valence-corrected chi connectivity index (χ1v) is 6.56. The summed E-state index contributed by atoms with van der Waals surface area (Å²) in [6, 6.07) is 0. The summed E-state index contributed by atoms with van der Waals surface area (Å²) in [5.74, 6) is 0. The number of hydrogen-bond donors (Lipinski definition) is 1. The maximum Gasteiger partial charge on any atom is 0.282 e. The number of thiazole rings is 1. The molecule has 2 aromatic heterocycles. The van der Waals surface area contributed by atoms with Gasteiger partial charge in [0.2, 0.25) is 0 Å². The highest BCUT2D eigenvalue weighted by atomic mass is 79.9. The molecule has 0 atom stereocenters. The van der Waals surface area contributed by atoms with E-state index in [0.29, 0.717) is 16.7 Å². The van der Waals surface area contributed by atoms with E-state index in [9.17, 15) is 4.79 Å². The van der Waals surface area contributed by atoms with Crippen molar-refractivity contribution >= 4 is 33.0 Å². The predicted octanol–water partition coefficient (Wildman–Crippen LogP) is 1.92. The Morgan fingerprint density at radius 2 is 2.29 bits per heavy atom. The number of rotatable bonds is 3. The summed E-state index contributed by atoms with van der Waals surface area (Å²) in [6.07, 6.45) is 3.45. The molecule has 0 aromatic carbocycles. The monoisotopic (exact) mass is 314 g/mol. The fourth-order valence-corrected chi connectivity index (χ4v) is 2.51. The molecule has 0 aliphatic rings. The Balaban J connectivity index is 2.15. The van der Waals surface area contributed by atoms with Gasteiger partial charge in [0.05, 0.1) is 18.4 Å². The molecular weight excluding hydrogens is 304 g/mol. The lowest BCUT2D eigenvalue weighted by Crippen LogP contribution is -2.21. The lowest BCUT2D eigenvalue weighted by Gasteiger charge is -2.06. The van der Waals surface area contributed by atoms with Crippen LogP contribution in [-0.4, -0.2) is 14.8 Å². The van der Waals surface area contributed by atoms with Gasteiger partial charge >= 0.3 is 0 Å². The van der Waals surface area contributed by atoms with E-state index in [-0.39, 0.29) is 5.56 Å². The van der Waals surface area contributed by atoms with Crippen LogP contribution in [0.5, 0.6) is 0 Å². The summed E-state index contributed by atoms with van der Waals surface area (Å²) in [6.45, 7) is 2.60. The van der Waals surface area contributed by atoms with Crippen molar-refractivity contribution in [1.82, 2.24) is 14.8 Å². The molecule has 0 fully saturated rings. The normalized spacial score (nSPS) is 10.5. The molecular formula is C10H11BrN4OS. The van der Waals surface area contributed by atoms with Crippen LogP contribution in [0.3, 0.4) is 0 Å². The largest absolute Gasteiger partial charge is 0.376 e. The minimum Gasteiger partial charge on any atom is -0.376 e. The number of aryl methyl sites for hydroxylation is 2. The molecule has 0 amide bonds. The van der Waals surface area contributed by atoms with Gasteiger partial charge in [-0.15, -0.1) is 11.3 Å². The smallest absolute Gasteiger partial charge is 0.282 e. The number of anilines is 1. The van der Waals surface area contributed by atoms with E-state index in [1.165, 1.54) is 9.56 Å². The number of nitrogens with one attached hydrogen (secondary N) is 1. The summed E-state index contributed by atoms with van der Waals surface area (Å²) < 4.78 is 1.77. The minimum absolute atomic E-state index is 0.162. The quantitative estimate of drug-likeness (QED) is 0.940. The van der Waals surface area contributed by atoms with Gasteiger partial charge in [-0.05, 0) is 22.9 Å². The van der Waals surface area contributed by atoms with Gasteiger partial charge in [0.1, 0.15) is 9.48 Å². The van der Waals surface area contributed by atoms with Crippen LogP contribution in [0.2, 0.25) is 0 Å². The van der Waals surface area contributed by atoms with Crippen molar-refractivity contribution < 1.29 is 0 Å². The van der Waals surface area contributed by atoms with E-state index in [0.717, 1.165) is 5.01 Å². The summed E-state index contributed by atoms with van der Waals surface area (Å²) in [4.78, 5) is 17.0. The highest BCUT2D eigenvalue weighted by molar-refractivity contribution is 9.10. The van der Waals surface area contributed by atoms with Crippen molar-refractivity contribution in [2.75, 3.05) is 5.32 Å². The summed E-state index contributed by atoms with van der Waals surface area (Å²) in [5, 5.41) is 8.07. The first-order chi connectivity index (χ1) is 8.08. The van der Waals surface area contributed by atoms with Gasteiger partial charge in [0, 0.05) is 18.1 Å². The maximum atomic E-state index is 11.6. The van der Waals surface area contributed by atoms with Crippen LogP contribution in [0.15, 0.2) is 21.7 Å². The molecule has 0 spiro atoms. The van der Waals surface area contributed by atoms with Crippen molar-refractivity contribution in [1.29, 1.82) is 0 Å². The van der Waals surface area contributed by atoms with Crippen molar-refractivity contribution in [2.45, 2.75) is 13.5 Å². The lowest BCUT2D eigenvalue weighted by molar-refractivity contribution is 0.703. The molecule has 2 aromatic rings. The molecule has 0 saturated carbocycles. The number of halogens is 1. The molecule has 17 heavy (non-hydrogen) atoms. The zero-order chi connectivity index (χ0) is 12.4.